The van der Waals surface area contributed by atoms with Crippen molar-refractivity contribution in [3.63, 3.8) is 0 Å². The molecule has 58 valence electrons. The molecule has 0 aliphatic heterocycles. The highest BCUT2D eigenvalue weighted by Crippen LogP contribution is 2.08. The van der Waals surface area contributed by atoms with Crippen LogP contribution >= 0.6 is 0 Å². The predicted octanol–water partition coefficient (Wildman–Crippen LogP) is 0.183. The fourth-order valence-corrected chi connectivity index (χ4v) is 1.00. The molecule has 0 aromatic carbocycles. The molecular formula is C7H5N5. The Morgan fingerprint density at radius 3 is 3.00 bits per heavy atom. The van der Waals surface area contributed by atoms with E-state index in [1.165, 1.54) is 6.33 Å². The van der Waals surface area contributed by atoms with Crippen LogP contribution in [0.1, 0.15) is 5.56 Å². The average Bonchev–Trinajstić information content (AvgIpc) is 2.49. The van der Waals surface area contributed by atoms with Crippen LogP contribution in [0.4, 0.5) is 5.95 Å². The summed E-state index contributed by atoms with van der Waals surface area (Å²) in [5.74, 6) is 0.335. The first-order valence-corrected chi connectivity index (χ1v) is 3.30. The minimum atomic E-state index is 0.335. The quantitative estimate of drug-likeness (QED) is 0.594. The molecule has 0 unspecified atom stereocenters. The summed E-state index contributed by atoms with van der Waals surface area (Å²) >= 11 is 0. The van der Waals surface area contributed by atoms with Crippen LogP contribution < -0.4 is 5.73 Å². The summed E-state index contributed by atoms with van der Waals surface area (Å²) in [6.07, 6.45) is 2.97. The highest BCUT2D eigenvalue weighted by Gasteiger charge is 2.01. The molecular weight excluding hydrogens is 154 g/mol. The number of nitrogens with two attached hydrogens (primary N) is 1. The van der Waals surface area contributed by atoms with E-state index in [-0.39, 0.29) is 0 Å². The SMILES string of the molecule is N#Cc1cc2ncnc(N)n2c1. The maximum atomic E-state index is 8.58. The Labute approximate surface area is 68.1 Å². The zero-order valence-corrected chi connectivity index (χ0v) is 6.10. The van der Waals surface area contributed by atoms with Crippen molar-refractivity contribution in [2.75, 3.05) is 5.73 Å². The zero-order chi connectivity index (χ0) is 8.55. The first-order chi connectivity index (χ1) is 5.81. The first kappa shape index (κ1) is 6.61. The molecule has 5 nitrogen and oxygen atoms in total. The van der Waals surface area contributed by atoms with Crippen LogP contribution in [0.3, 0.4) is 0 Å². The Balaban J connectivity index is 2.85. The summed E-state index contributed by atoms with van der Waals surface area (Å²) < 4.78 is 1.57. The van der Waals surface area contributed by atoms with Gasteiger partial charge in [0.05, 0.1) is 5.56 Å². The van der Waals surface area contributed by atoms with Gasteiger partial charge in [-0.3, -0.25) is 4.40 Å². The summed E-state index contributed by atoms with van der Waals surface area (Å²) in [7, 11) is 0. The molecule has 0 radical (unpaired) electrons. The van der Waals surface area contributed by atoms with Crippen LogP contribution in [0.2, 0.25) is 0 Å². The number of fused-ring (bicyclic) bond motifs is 1. The topological polar surface area (TPSA) is 80.0 Å². The van der Waals surface area contributed by atoms with Gasteiger partial charge in [-0.15, -0.1) is 0 Å². The fraction of sp³-hybridized carbons (Fsp3) is 0. The van der Waals surface area contributed by atoms with E-state index in [0.29, 0.717) is 17.2 Å². The Bertz CT molecular complexity index is 464. The van der Waals surface area contributed by atoms with Gasteiger partial charge in [0.2, 0.25) is 5.95 Å². The number of hydrogen-bond donors (Lipinski definition) is 1. The van der Waals surface area contributed by atoms with Gasteiger partial charge in [-0.05, 0) is 0 Å². The Morgan fingerprint density at radius 1 is 1.50 bits per heavy atom. The molecule has 2 aromatic heterocycles. The monoisotopic (exact) mass is 159 g/mol. The maximum Gasteiger partial charge on any atom is 0.207 e. The van der Waals surface area contributed by atoms with Crippen LogP contribution in [0.25, 0.3) is 5.65 Å². The van der Waals surface area contributed by atoms with Gasteiger partial charge in [-0.25, -0.2) is 9.97 Å². The third-order valence-electron chi connectivity index (χ3n) is 1.56. The molecule has 0 aliphatic carbocycles. The Hall–Kier alpha value is -2.09. The van der Waals surface area contributed by atoms with Crippen molar-refractivity contribution in [2.24, 2.45) is 0 Å². The van der Waals surface area contributed by atoms with Crippen molar-refractivity contribution in [1.29, 1.82) is 5.26 Å². The van der Waals surface area contributed by atoms with E-state index in [1.54, 1.807) is 16.7 Å². The second kappa shape index (κ2) is 2.20. The first-order valence-electron chi connectivity index (χ1n) is 3.30. The van der Waals surface area contributed by atoms with E-state index in [2.05, 4.69) is 9.97 Å². The van der Waals surface area contributed by atoms with Gasteiger partial charge < -0.3 is 5.73 Å². The molecule has 2 heterocycles. The van der Waals surface area contributed by atoms with Crippen LogP contribution in [-0.2, 0) is 0 Å². The highest BCUT2D eigenvalue weighted by molar-refractivity contribution is 5.50. The molecule has 2 rings (SSSR count). The van der Waals surface area contributed by atoms with Crippen molar-refractivity contribution in [1.82, 2.24) is 14.4 Å². The van der Waals surface area contributed by atoms with E-state index < -0.39 is 0 Å². The zero-order valence-electron chi connectivity index (χ0n) is 6.10. The van der Waals surface area contributed by atoms with Crippen LogP contribution in [-0.4, -0.2) is 14.4 Å². The lowest BCUT2D eigenvalue weighted by Gasteiger charge is -1.94. The van der Waals surface area contributed by atoms with Crippen molar-refractivity contribution in [2.45, 2.75) is 0 Å². The maximum absolute atomic E-state index is 8.58. The molecule has 0 atom stereocenters. The lowest BCUT2D eigenvalue weighted by atomic mass is 10.4. The molecule has 0 bridgehead atoms. The van der Waals surface area contributed by atoms with Gasteiger partial charge in [0.25, 0.3) is 0 Å². The largest absolute Gasteiger partial charge is 0.369 e. The van der Waals surface area contributed by atoms with E-state index in [0.717, 1.165) is 0 Å². The van der Waals surface area contributed by atoms with E-state index in [1.807, 2.05) is 6.07 Å². The molecule has 0 saturated heterocycles. The minimum Gasteiger partial charge on any atom is -0.369 e. The Morgan fingerprint density at radius 2 is 2.33 bits per heavy atom. The minimum absolute atomic E-state index is 0.335. The third-order valence-corrected chi connectivity index (χ3v) is 1.56. The van der Waals surface area contributed by atoms with Gasteiger partial charge in [-0.1, -0.05) is 0 Å². The van der Waals surface area contributed by atoms with Gasteiger partial charge in [-0.2, -0.15) is 5.26 Å². The van der Waals surface area contributed by atoms with Crippen LogP contribution in [0.5, 0.6) is 0 Å². The van der Waals surface area contributed by atoms with E-state index >= 15 is 0 Å². The van der Waals surface area contributed by atoms with Gasteiger partial charge in [0.15, 0.2) is 0 Å². The molecule has 12 heavy (non-hydrogen) atoms. The highest BCUT2D eigenvalue weighted by atomic mass is 15.1. The number of nitrogen functional groups attached to an aromatic ring is 1. The standard InChI is InChI=1S/C7H5N5/c8-2-5-1-6-10-4-11-7(9)12(6)3-5/h1,3-4H,(H2,9,10,11). The fourth-order valence-electron chi connectivity index (χ4n) is 1.00. The Kier molecular flexibility index (Phi) is 1.21. The van der Waals surface area contributed by atoms with Crippen LogP contribution in [0, 0.1) is 11.3 Å². The molecule has 0 saturated carbocycles. The lowest BCUT2D eigenvalue weighted by Crippen LogP contribution is -1.99. The number of nitriles is 1. The number of nitrogens with zero attached hydrogens (tertiary/aromatic N) is 4. The van der Waals surface area contributed by atoms with Crippen molar-refractivity contribution in [3.8, 4) is 6.07 Å². The molecule has 0 fully saturated rings. The normalized spacial score (nSPS) is 9.92. The number of hydrogen-bond acceptors (Lipinski definition) is 4. The summed E-state index contributed by atoms with van der Waals surface area (Å²) in [5, 5.41) is 8.58. The summed E-state index contributed by atoms with van der Waals surface area (Å²) in [6.45, 7) is 0. The second-order valence-electron chi connectivity index (χ2n) is 2.30. The number of rotatable bonds is 0. The molecule has 5 heteroatoms. The number of anilines is 1. The smallest absolute Gasteiger partial charge is 0.207 e. The lowest BCUT2D eigenvalue weighted by molar-refractivity contribution is 1.04. The van der Waals surface area contributed by atoms with Gasteiger partial charge >= 0.3 is 0 Å². The molecule has 0 aliphatic rings. The van der Waals surface area contributed by atoms with Crippen molar-refractivity contribution < 1.29 is 0 Å². The summed E-state index contributed by atoms with van der Waals surface area (Å²) in [6, 6.07) is 3.65. The third kappa shape index (κ3) is 0.787. The van der Waals surface area contributed by atoms with Gasteiger partial charge in [0, 0.05) is 12.3 Å². The van der Waals surface area contributed by atoms with Crippen molar-refractivity contribution >= 4 is 11.6 Å². The number of aromatic nitrogens is 3. The summed E-state index contributed by atoms with van der Waals surface area (Å²) in [4.78, 5) is 7.71. The van der Waals surface area contributed by atoms with Crippen LogP contribution in [0.15, 0.2) is 18.6 Å². The average molecular weight is 159 g/mol. The van der Waals surface area contributed by atoms with E-state index in [9.17, 15) is 0 Å². The second-order valence-corrected chi connectivity index (χ2v) is 2.30. The van der Waals surface area contributed by atoms with Crippen molar-refractivity contribution in [3.05, 3.63) is 24.2 Å². The van der Waals surface area contributed by atoms with Gasteiger partial charge in [0.1, 0.15) is 18.0 Å². The predicted molar refractivity (Wildman–Crippen MR) is 42.1 cm³/mol. The molecule has 0 spiro atoms. The molecule has 2 aromatic rings. The molecule has 2 N–H and O–H groups in total. The summed E-state index contributed by atoms with van der Waals surface area (Å²) in [5.41, 5.74) is 6.69. The molecule has 0 amide bonds. The van der Waals surface area contributed by atoms with E-state index in [4.69, 9.17) is 11.0 Å².